The summed E-state index contributed by atoms with van der Waals surface area (Å²) in [5.74, 6) is -2.10. The van der Waals surface area contributed by atoms with Gasteiger partial charge in [-0.25, -0.2) is 8.42 Å². The van der Waals surface area contributed by atoms with Crippen molar-refractivity contribution in [3.63, 3.8) is 0 Å². The highest BCUT2D eigenvalue weighted by Crippen LogP contribution is 2.51. The van der Waals surface area contributed by atoms with Gasteiger partial charge in [0.2, 0.25) is 0 Å². The zero-order valence-corrected chi connectivity index (χ0v) is 12.2. The first-order valence-electron chi connectivity index (χ1n) is 6.70. The predicted octanol–water partition coefficient (Wildman–Crippen LogP) is 1.06. The normalized spacial score (nSPS) is 35.9. The monoisotopic (exact) mass is 290 g/mol. The lowest BCUT2D eigenvalue weighted by molar-refractivity contribution is -0.159. The van der Waals surface area contributed by atoms with Crippen LogP contribution in [0.4, 0.5) is 0 Å². The van der Waals surface area contributed by atoms with Crippen molar-refractivity contribution in [1.82, 2.24) is 0 Å². The zero-order valence-electron chi connectivity index (χ0n) is 11.4. The fourth-order valence-corrected chi connectivity index (χ4v) is 5.45. The van der Waals surface area contributed by atoms with Gasteiger partial charge in [-0.2, -0.15) is 0 Å². The van der Waals surface area contributed by atoms with Gasteiger partial charge in [0.25, 0.3) is 0 Å². The van der Waals surface area contributed by atoms with Crippen LogP contribution in [0.3, 0.4) is 0 Å². The Morgan fingerprint density at radius 1 is 1.11 bits per heavy atom. The van der Waals surface area contributed by atoms with Crippen molar-refractivity contribution in [2.45, 2.75) is 45.6 Å². The summed E-state index contributed by atoms with van der Waals surface area (Å²) in [6, 6.07) is 0. The van der Waals surface area contributed by atoms with Gasteiger partial charge in [0.15, 0.2) is 9.84 Å². The number of aliphatic carboxylic acids is 1. The van der Waals surface area contributed by atoms with E-state index in [1.54, 1.807) is 0 Å². The molecule has 2 aliphatic rings. The zero-order chi connectivity index (χ0) is 14.5. The second kappa shape index (κ2) is 4.45. The largest absolute Gasteiger partial charge is 0.481 e. The number of sulfone groups is 1. The van der Waals surface area contributed by atoms with Gasteiger partial charge in [-0.15, -0.1) is 0 Å². The molecule has 1 aliphatic heterocycles. The molecule has 0 spiro atoms. The SMILES string of the molecule is CC1(C)CCC(C(=O)O)(C2CS(=O)(=O)CC2O)CC1. The van der Waals surface area contributed by atoms with E-state index in [4.69, 9.17) is 0 Å². The van der Waals surface area contributed by atoms with Crippen molar-refractivity contribution in [1.29, 1.82) is 0 Å². The molecule has 6 heteroatoms. The Kier molecular flexibility index (Phi) is 3.46. The maximum absolute atomic E-state index is 11.7. The van der Waals surface area contributed by atoms with Crippen LogP contribution in [0.15, 0.2) is 0 Å². The van der Waals surface area contributed by atoms with Gasteiger partial charge < -0.3 is 10.2 Å². The number of rotatable bonds is 2. The molecule has 110 valence electrons. The molecule has 2 fully saturated rings. The summed E-state index contributed by atoms with van der Waals surface area (Å²) in [7, 11) is -3.31. The molecule has 0 aromatic carbocycles. The van der Waals surface area contributed by atoms with E-state index in [-0.39, 0.29) is 16.9 Å². The Hall–Kier alpha value is -0.620. The predicted molar refractivity (Wildman–Crippen MR) is 70.5 cm³/mol. The number of carbonyl (C=O) groups is 1. The molecule has 2 unspecified atom stereocenters. The van der Waals surface area contributed by atoms with E-state index < -0.39 is 33.2 Å². The van der Waals surface area contributed by atoms with Crippen molar-refractivity contribution < 1.29 is 23.4 Å². The van der Waals surface area contributed by atoms with Gasteiger partial charge in [-0.1, -0.05) is 13.8 Å². The number of aliphatic hydroxyl groups excluding tert-OH is 1. The van der Waals surface area contributed by atoms with E-state index in [2.05, 4.69) is 13.8 Å². The van der Waals surface area contributed by atoms with Gasteiger partial charge in [0.05, 0.1) is 23.0 Å². The number of carboxylic acid groups (broad SMARTS) is 1. The quantitative estimate of drug-likeness (QED) is 0.793. The molecular formula is C13H22O5S. The molecule has 2 atom stereocenters. The fourth-order valence-electron chi connectivity index (χ4n) is 3.47. The molecule has 2 N–H and O–H groups in total. The van der Waals surface area contributed by atoms with Crippen LogP contribution in [0, 0.1) is 16.7 Å². The smallest absolute Gasteiger partial charge is 0.310 e. The minimum atomic E-state index is -3.31. The lowest BCUT2D eigenvalue weighted by atomic mass is 9.59. The van der Waals surface area contributed by atoms with Crippen LogP contribution in [0.1, 0.15) is 39.5 Å². The number of aliphatic hydroxyl groups is 1. The second-order valence-corrected chi connectivity index (χ2v) is 9.03. The highest BCUT2D eigenvalue weighted by atomic mass is 32.2. The lowest BCUT2D eigenvalue weighted by Gasteiger charge is -2.44. The third-order valence-electron chi connectivity index (χ3n) is 4.95. The van der Waals surface area contributed by atoms with Crippen LogP contribution in [-0.2, 0) is 14.6 Å². The van der Waals surface area contributed by atoms with Crippen LogP contribution in [0.5, 0.6) is 0 Å². The molecule has 1 heterocycles. The Morgan fingerprint density at radius 2 is 1.63 bits per heavy atom. The van der Waals surface area contributed by atoms with E-state index in [0.29, 0.717) is 12.8 Å². The van der Waals surface area contributed by atoms with Crippen molar-refractivity contribution in [2.24, 2.45) is 16.7 Å². The van der Waals surface area contributed by atoms with E-state index >= 15 is 0 Å². The Balaban J connectivity index is 2.30. The molecule has 1 saturated heterocycles. The maximum atomic E-state index is 11.7. The fraction of sp³-hybridized carbons (Fsp3) is 0.923. The Labute approximate surface area is 113 Å². The van der Waals surface area contributed by atoms with Crippen molar-refractivity contribution in [3.8, 4) is 0 Å². The number of hydrogen-bond donors (Lipinski definition) is 2. The first-order valence-corrected chi connectivity index (χ1v) is 8.52. The van der Waals surface area contributed by atoms with Gasteiger partial charge >= 0.3 is 5.97 Å². The summed E-state index contributed by atoms with van der Waals surface area (Å²) in [6.07, 6.45) is 1.37. The van der Waals surface area contributed by atoms with E-state index in [9.17, 15) is 23.4 Å². The molecule has 0 aromatic heterocycles. The highest BCUT2D eigenvalue weighted by Gasteiger charge is 2.55. The summed E-state index contributed by atoms with van der Waals surface area (Å²) in [6.45, 7) is 4.20. The average Bonchev–Trinajstić information content (AvgIpc) is 2.53. The Morgan fingerprint density at radius 3 is 2.00 bits per heavy atom. The van der Waals surface area contributed by atoms with E-state index in [0.717, 1.165) is 12.8 Å². The first-order chi connectivity index (χ1) is 8.58. The standard InChI is InChI=1S/C13H22O5S/c1-12(2)3-5-13(6-4-12,11(15)16)9-7-19(17,18)8-10(9)14/h9-10,14H,3-8H2,1-2H3,(H,15,16). The van der Waals surface area contributed by atoms with Gasteiger partial charge in [-0.05, 0) is 31.1 Å². The molecule has 1 aliphatic carbocycles. The summed E-state index contributed by atoms with van der Waals surface area (Å²) in [4.78, 5) is 11.7. The molecule has 0 aromatic rings. The van der Waals surface area contributed by atoms with Gasteiger partial charge in [0, 0.05) is 5.92 Å². The third kappa shape index (κ3) is 2.65. The molecule has 19 heavy (non-hydrogen) atoms. The first kappa shape index (κ1) is 14.8. The van der Waals surface area contributed by atoms with Crippen LogP contribution in [-0.4, -0.2) is 42.2 Å². The summed E-state index contributed by atoms with van der Waals surface area (Å²) in [5, 5.41) is 19.6. The summed E-state index contributed by atoms with van der Waals surface area (Å²) < 4.78 is 23.3. The third-order valence-corrected chi connectivity index (χ3v) is 6.67. The maximum Gasteiger partial charge on any atom is 0.310 e. The van der Waals surface area contributed by atoms with Crippen LogP contribution in [0.2, 0.25) is 0 Å². The number of carboxylic acids is 1. The minimum absolute atomic E-state index is 0.0986. The molecule has 0 radical (unpaired) electrons. The van der Waals surface area contributed by atoms with Gasteiger partial charge in [0.1, 0.15) is 0 Å². The van der Waals surface area contributed by atoms with Gasteiger partial charge in [-0.3, -0.25) is 4.79 Å². The van der Waals surface area contributed by atoms with Crippen LogP contribution >= 0.6 is 0 Å². The highest BCUT2D eigenvalue weighted by molar-refractivity contribution is 7.91. The lowest BCUT2D eigenvalue weighted by Crippen LogP contribution is -2.47. The second-order valence-electron chi connectivity index (χ2n) is 6.88. The van der Waals surface area contributed by atoms with E-state index in [1.165, 1.54) is 0 Å². The molecule has 1 saturated carbocycles. The van der Waals surface area contributed by atoms with Crippen LogP contribution < -0.4 is 0 Å². The van der Waals surface area contributed by atoms with Crippen molar-refractivity contribution in [2.75, 3.05) is 11.5 Å². The molecule has 2 rings (SSSR count). The molecular weight excluding hydrogens is 268 g/mol. The summed E-state index contributed by atoms with van der Waals surface area (Å²) in [5.41, 5.74) is -0.972. The molecule has 0 bridgehead atoms. The van der Waals surface area contributed by atoms with Crippen molar-refractivity contribution >= 4 is 15.8 Å². The Bertz CT molecular complexity index is 469. The summed E-state index contributed by atoms with van der Waals surface area (Å²) >= 11 is 0. The van der Waals surface area contributed by atoms with Crippen molar-refractivity contribution in [3.05, 3.63) is 0 Å². The van der Waals surface area contributed by atoms with Crippen LogP contribution in [0.25, 0.3) is 0 Å². The number of hydrogen-bond acceptors (Lipinski definition) is 4. The van der Waals surface area contributed by atoms with E-state index in [1.807, 2.05) is 0 Å². The topological polar surface area (TPSA) is 91.7 Å². The molecule has 5 nitrogen and oxygen atoms in total. The average molecular weight is 290 g/mol. The minimum Gasteiger partial charge on any atom is -0.481 e. The molecule has 0 amide bonds.